The van der Waals surface area contributed by atoms with Crippen molar-refractivity contribution in [1.29, 1.82) is 5.41 Å². The third-order valence-corrected chi connectivity index (χ3v) is 6.06. The summed E-state index contributed by atoms with van der Waals surface area (Å²) < 4.78 is 0. The number of pyridine rings is 1. The highest BCUT2D eigenvalue weighted by atomic mass is 15.1. The number of nitrogens with zero attached hydrogens (tertiary/aromatic N) is 3. The minimum absolute atomic E-state index is 0.0596. The van der Waals surface area contributed by atoms with E-state index in [-0.39, 0.29) is 5.84 Å². The van der Waals surface area contributed by atoms with Crippen molar-refractivity contribution in [1.82, 2.24) is 4.98 Å². The van der Waals surface area contributed by atoms with Gasteiger partial charge in [0.25, 0.3) is 0 Å². The molecule has 0 amide bonds. The Morgan fingerprint density at radius 2 is 1.31 bits per heavy atom. The molecule has 5 heteroatoms. The Hall–Kier alpha value is -3.47. The number of hydrogen-bond acceptors (Lipinski definition) is 3. The van der Waals surface area contributed by atoms with E-state index in [0.717, 1.165) is 29.9 Å². The number of unbranched alkanes of at least 4 members (excludes halogenated alkanes) is 4. The summed E-state index contributed by atoms with van der Waals surface area (Å²) in [5.74, 6) is 0.403. The lowest BCUT2D eigenvalue weighted by Gasteiger charge is -2.26. The van der Waals surface area contributed by atoms with Crippen LogP contribution in [-0.2, 0) is 12.8 Å². The highest BCUT2D eigenvalue weighted by Gasteiger charge is 2.15. The third kappa shape index (κ3) is 7.78. The second-order valence-corrected chi connectivity index (χ2v) is 9.08. The van der Waals surface area contributed by atoms with Gasteiger partial charge in [0.15, 0.2) is 5.84 Å². The first kappa shape index (κ1) is 26.1. The predicted octanol–water partition coefficient (Wildman–Crippen LogP) is 7.72. The van der Waals surface area contributed by atoms with Crippen LogP contribution in [0.25, 0.3) is 0 Å². The zero-order valence-corrected chi connectivity index (χ0v) is 21.4. The van der Waals surface area contributed by atoms with Crippen LogP contribution in [0.3, 0.4) is 0 Å². The van der Waals surface area contributed by atoms with Crippen molar-refractivity contribution in [3.8, 4) is 0 Å². The number of amidine groups is 2. The molecule has 3 N–H and O–H groups in total. The third-order valence-electron chi connectivity index (χ3n) is 6.06. The number of aromatic nitrogens is 1. The molecule has 1 heterocycles. The zero-order chi connectivity index (χ0) is 25.0. The largest absolute Gasteiger partial charge is 0.387 e. The molecule has 3 aromatic rings. The molecule has 35 heavy (non-hydrogen) atoms. The van der Waals surface area contributed by atoms with Gasteiger partial charge in [0.05, 0.1) is 5.84 Å². The molecule has 3 rings (SSSR count). The molecule has 5 nitrogen and oxygen atoms in total. The van der Waals surface area contributed by atoms with Crippen LogP contribution in [0.5, 0.6) is 0 Å². The lowest BCUT2D eigenvalue weighted by Crippen LogP contribution is -2.13. The van der Waals surface area contributed by atoms with Gasteiger partial charge in [0, 0.05) is 23.3 Å². The van der Waals surface area contributed by atoms with E-state index < -0.39 is 0 Å². The van der Waals surface area contributed by atoms with Crippen LogP contribution in [0.4, 0.5) is 17.1 Å². The Labute approximate surface area is 210 Å². The van der Waals surface area contributed by atoms with E-state index in [4.69, 9.17) is 11.1 Å². The molecule has 0 radical (unpaired) electrons. The Balaban J connectivity index is 1.95. The molecule has 0 atom stereocenters. The van der Waals surface area contributed by atoms with Crippen molar-refractivity contribution in [2.45, 2.75) is 72.1 Å². The fourth-order valence-electron chi connectivity index (χ4n) is 4.15. The predicted molar refractivity (Wildman–Crippen MR) is 150 cm³/mol. The van der Waals surface area contributed by atoms with Gasteiger partial charge in [-0.15, -0.1) is 0 Å². The minimum atomic E-state index is 0.0596. The Morgan fingerprint density at radius 3 is 1.77 bits per heavy atom. The van der Waals surface area contributed by atoms with E-state index in [2.05, 4.69) is 77.3 Å². The summed E-state index contributed by atoms with van der Waals surface area (Å²) in [6.07, 6.45) is 11.4. The van der Waals surface area contributed by atoms with Crippen LogP contribution in [0.2, 0.25) is 0 Å². The maximum atomic E-state index is 8.28. The fourth-order valence-corrected chi connectivity index (χ4v) is 4.15. The van der Waals surface area contributed by atoms with E-state index in [0.29, 0.717) is 11.5 Å². The van der Waals surface area contributed by atoms with Gasteiger partial charge in [0.2, 0.25) is 0 Å². The highest BCUT2D eigenvalue weighted by molar-refractivity contribution is 6.03. The molecule has 184 valence electrons. The van der Waals surface area contributed by atoms with Gasteiger partial charge >= 0.3 is 0 Å². The maximum absolute atomic E-state index is 8.28. The lowest BCUT2D eigenvalue weighted by atomic mass is 10.0. The number of benzene rings is 2. The quantitative estimate of drug-likeness (QED) is 0.162. The number of aliphatic imine (C=N–C) groups is 1. The van der Waals surface area contributed by atoms with Crippen LogP contribution in [0.15, 0.2) is 71.9 Å². The van der Waals surface area contributed by atoms with Crippen molar-refractivity contribution in [3.05, 3.63) is 83.7 Å². The average Bonchev–Trinajstić information content (AvgIpc) is 2.86. The molecule has 0 aliphatic carbocycles. The summed E-state index contributed by atoms with van der Waals surface area (Å²) in [5.41, 5.74) is 12.0. The van der Waals surface area contributed by atoms with Crippen LogP contribution in [0, 0.1) is 5.41 Å². The Bertz CT molecular complexity index is 1040. The first-order valence-corrected chi connectivity index (χ1v) is 12.9. The molecule has 0 unspecified atom stereocenters. The maximum Gasteiger partial charge on any atom is 0.172 e. The van der Waals surface area contributed by atoms with Gasteiger partial charge < -0.3 is 10.6 Å². The number of anilines is 3. The SMILES string of the molecule is CCCCCc1ccc(N(c2ccc(CCCCC)cc2)c2ccnc(C(=N)N=C(C)N)c2)cc1. The van der Waals surface area contributed by atoms with Gasteiger partial charge in [0.1, 0.15) is 5.69 Å². The molecule has 0 aliphatic heterocycles. The first-order chi connectivity index (χ1) is 17.0. The van der Waals surface area contributed by atoms with Crippen LogP contribution in [-0.4, -0.2) is 16.7 Å². The van der Waals surface area contributed by atoms with Gasteiger partial charge in [-0.05, 0) is 80.1 Å². The summed E-state index contributed by atoms with van der Waals surface area (Å²) in [6.45, 7) is 6.15. The van der Waals surface area contributed by atoms with Crippen molar-refractivity contribution in [2.75, 3.05) is 4.90 Å². The molecule has 0 saturated heterocycles. The van der Waals surface area contributed by atoms with Crippen LogP contribution >= 0.6 is 0 Å². The molecule has 0 saturated carbocycles. The van der Waals surface area contributed by atoms with Gasteiger partial charge in [-0.1, -0.05) is 63.8 Å². The Morgan fingerprint density at radius 1 is 0.800 bits per heavy atom. The normalized spacial score (nSPS) is 11.5. The molecule has 0 aliphatic rings. The molecular weight excluding hydrogens is 430 g/mol. The average molecular weight is 470 g/mol. The minimum Gasteiger partial charge on any atom is -0.387 e. The smallest absolute Gasteiger partial charge is 0.172 e. The molecule has 1 aromatic heterocycles. The van der Waals surface area contributed by atoms with E-state index in [1.807, 2.05) is 12.1 Å². The second-order valence-electron chi connectivity index (χ2n) is 9.08. The molecule has 0 bridgehead atoms. The van der Waals surface area contributed by atoms with Gasteiger partial charge in [-0.2, -0.15) is 0 Å². The Kier molecular flexibility index (Phi) is 10.0. The van der Waals surface area contributed by atoms with E-state index in [1.165, 1.54) is 49.7 Å². The zero-order valence-electron chi connectivity index (χ0n) is 21.4. The molecule has 2 aromatic carbocycles. The fraction of sp³-hybridized carbons (Fsp3) is 0.367. The summed E-state index contributed by atoms with van der Waals surface area (Å²) in [7, 11) is 0. The number of aryl methyl sites for hydroxylation is 2. The number of rotatable bonds is 12. The molecular formula is C30H39N5. The van der Waals surface area contributed by atoms with Crippen LogP contribution in [0.1, 0.15) is 76.1 Å². The van der Waals surface area contributed by atoms with E-state index >= 15 is 0 Å². The number of nitrogens with two attached hydrogens (primary N) is 1. The van der Waals surface area contributed by atoms with Crippen LogP contribution < -0.4 is 10.6 Å². The molecule has 0 fully saturated rings. The second kappa shape index (κ2) is 13.4. The highest BCUT2D eigenvalue weighted by Crippen LogP contribution is 2.35. The summed E-state index contributed by atoms with van der Waals surface area (Å²) in [4.78, 5) is 10.7. The summed E-state index contributed by atoms with van der Waals surface area (Å²) in [6, 6.07) is 21.5. The van der Waals surface area contributed by atoms with Gasteiger partial charge in [-0.3, -0.25) is 10.4 Å². The summed E-state index contributed by atoms with van der Waals surface area (Å²) in [5, 5.41) is 8.28. The van der Waals surface area contributed by atoms with Crippen molar-refractivity contribution >= 4 is 28.7 Å². The standard InChI is InChI=1S/C30H39N5/c1-4-6-8-10-24-12-16-26(17-13-24)35(27-18-14-25(15-19-27)11-9-7-5-2)28-20-21-33-29(22-28)30(32)34-23(3)31/h12-22H,4-11H2,1-3H3,(H3,31,32,34). The van der Waals surface area contributed by atoms with E-state index in [9.17, 15) is 0 Å². The number of nitrogens with one attached hydrogen (secondary N) is 1. The van der Waals surface area contributed by atoms with Gasteiger partial charge in [-0.25, -0.2) is 4.99 Å². The van der Waals surface area contributed by atoms with E-state index in [1.54, 1.807) is 13.1 Å². The van der Waals surface area contributed by atoms with Crippen molar-refractivity contribution < 1.29 is 0 Å². The summed E-state index contributed by atoms with van der Waals surface area (Å²) >= 11 is 0. The van der Waals surface area contributed by atoms with Crippen molar-refractivity contribution in [3.63, 3.8) is 0 Å². The lowest BCUT2D eigenvalue weighted by molar-refractivity contribution is 0.717. The monoisotopic (exact) mass is 469 g/mol. The number of hydrogen-bond donors (Lipinski definition) is 2. The van der Waals surface area contributed by atoms with Crippen molar-refractivity contribution in [2.24, 2.45) is 10.7 Å². The first-order valence-electron chi connectivity index (χ1n) is 12.9. The topological polar surface area (TPSA) is 78.4 Å². The molecule has 0 spiro atoms.